The van der Waals surface area contributed by atoms with Gasteiger partial charge >= 0.3 is 0 Å². The Morgan fingerprint density at radius 3 is 2.32 bits per heavy atom. The number of fused-ring (bicyclic) bond motifs is 4. The van der Waals surface area contributed by atoms with E-state index >= 15 is 0 Å². The predicted molar refractivity (Wildman–Crippen MR) is 125 cm³/mol. The molecular weight excluding hydrogens is 386 g/mol. The van der Waals surface area contributed by atoms with Gasteiger partial charge in [-0.3, -0.25) is 13.9 Å². The van der Waals surface area contributed by atoms with Crippen LogP contribution in [0.2, 0.25) is 0 Å². The largest absolute Gasteiger partial charge is 0.299 e. The number of para-hydroxylation sites is 2. The Kier molecular flexibility index (Phi) is 4.98. The molecule has 0 saturated heterocycles. The molecule has 0 N–H and O–H groups in total. The van der Waals surface area contributed by atoms with E-state index in [2.05, 4.69) is 38.1 Å². The van der Waals surface area contributed by atoms with Crippen LogP contribution in [-0.2, 0) is 13.0 Å². The Morgan fingerprint density at radius 2 is 1.61 bits per heavy atom. The molecule has 0 aliphatic rings. The molecule has 6 heteroatoms. The van der Waals surface area contributed by atoms with Gasteiger partial charge in [0.2, 0.25) is 0 Å². The van der Waals surface area contributed by atoms with Gasteiger partial charge in [-0.05, 0) is 42.7 Å². The molecule has 5 aromatic rings. The molecule has 0 saturated carbocycles. The molecule has 6 nitrogen and oxygen atoms in total. The highest BCUT2D eigenvalue weighted by Crippen LogP contribution is 2.28. The lowest BCUT2D eigenvalue weighted by Gasteiger charge is -2.08. The highest BCUT2D eigenvalue weighted by Gasteiger charge is 2.20. The van der Waals surface area contributed by atoms with E-state index in [-0.39, 0.29) is 5.56 Å². The van der Waals surface area contributed by atoms with Gasteiger partial charge in [0.25, 0.3) is 5.56 Å². The molecule has 3 aromatic heterocycles. The van der Waals surface area contributed by atoms with E-state index in [0.717, 1.165) is 42.4 Å². The topological polar surface area (TPSA) is 65.6 Å². The lowest BCUT2D eigenvalue weighted by Crippen LogP contribution is -2.20. The smallest absolute Gasteiger partial charge is 0.265 e. The summed E-state index contributed by atoms with van der Waals surface area (Å²) in [6.45, 7) is 4.95. The van der Waals surface area contributed by atoms with Crippen LogP contribution in [-0.4, -0.2) is 24.1 Å². The van der Waals surface area contributed by atoms with Crippen LogP contribution in [0.5, 0.6) is 0 Å². The molecule has 31 heavy (non-hydrogen) atoms. The molecule has 0 unspecified atom stereocenters. The van der Waals surface area contributed by atoms with E-state index in [1.165, 1.54) is 5.56 Å². The van der Waals surface area contributed by atoms with Crippen molar-refractivity contribution < 1.29 is 0 Å². The normalized spacial score (nSPS) is 11.7. The number of rotatable bonds is 6. The average molecular weight is 412 g/mol. The van der Waals surface area contributed by atoms with Crippen LogP contribution in [0.4, 0.5) is 0 Å². The summed E-state index contributed by atoms with van der Waals surface area (Å²) in [5, 5.41) is 0.534. The van der Waals surface area contributed by atoms with Crippen molar-refractivity contribution in [3.63, 3.8) is 0 Å². The molecule has 156 valence electrons. The van der Waals surface area contributed by atoms with Crippen molar-refractivity contribution in [2.75, 3.05) is 0 Å². The fourth-order valence-corrected chi connectivity index (χ4v) is 4.09. The van der Waals surface area contributed by atoms with E-state index in [0.29, 0.717) is 28.7 Å². The minimum atomic E-state index is -0.0559. The quantitative estimate of drug-likeness (QED) is 0.367. The Bertz CT molecular complexity index is 1450. The summed E-state index contributed by atoms with van der Waals surface area (Å²) in [5.74, 6) is 0. The van der Waals surface area contributed by atoms with Crippen LogP contribution >= 0.6 is 0 Å². The molecule has 0 atom stereocenters. The minimum Gasteiger partial charge on any atom is -0.299 e. The van der Waals surface area contributed by atoms with Crippen molar-refractivity contribution in [3.05, 3.63) is 70.8 Å². The standard InChI is InChI=1S/C25H25N5O/c1-3-5-8-15-29-16-26-23-21(25(29)31)22-24(28-20-10-7-6-9-19(20)27-22)30(23)18-13-11-17(4-2)12-14-18/h6-7,9-14,16H,3-5,8,15H2,1-2H3. The van der Waals surface area contributed by atoms with E-state index in [9.17, 15) is 4.79 Å². The zero-order chi connectivity index (χ0) is 21.4. The number of aryl methyl sites for hydroxylation is 2. The van der Waals surface area contributed by atoms with Crippen molar-refractivity contribution in [1.82, 2.24) is 24.1 Å². The first-order valence-electron chi connectivity index (χ1n) is 11.0. The molecule has 0 bridgehead atoms. The fourth-order valence-electron chi connectivity index (χ4n) is 4.09. The van der Waals surface area contributed by atoms with Crippen LogP contribution < -0.4 is 5.56 Å². The third-order valence-electron chi connectivity index (χ3n) is 5.84. The maximum absolute atomic E-state index is 13.5. The Morgan fingerprint density at radius 1 is 0.871 bits per heavy atom. The summed E-state index contributed by atoms with van der Waals surface area (Å²) in [5.41, 5.74) is 5.57. The first kappa shape index (κ1) is 19.4. The van der Waals surface area contributed by atoms with Gasteiger partial charge in [-0.15, -0.1) is 0 Å². The van der Waals surface area contributed by atoms with E-state index in [1.807, 2.05) is 28.8 Å². The number of hydrogen-bond donors (Lipinski definition) is 0. The van der Waals surface area contributed by atoms with Crippen molar-refractivity contribution in [3.8, 4) is 5.69 Å². The van der Waals surface area contributed by atoms with Crippen LogP contribution in [0.25, 0.3) is 38.9 Å². The van der Waals surface area contributed by atoms with Gasteiger partial charge in [-0.25, -0.2) is 15.0 Å². The van der Waals surface area contributed by atoms with Crippen LogP contribution in [0.1, 0.15) is 38.7 Å². The zero-order valence-electron chi connectivity index (χ0n) is 17.9. The van der Waals surface area contributed by atoms with Crippen molar-refractivity contribution in [2.24, 2.45) is 0 Å². The molecule has 0 spiro atoms. The molecule has 0 aliphatic carbocycles. The first-order valence-corrected chi connectivity index (χ1v) is 11.0. The van der Waals surface area contributed by atoms with Gasteiger partial charge in [0.15, 0.2) is 11.3 Å². The van der Waals surface area contributed by atoms with Gasteiger partial charge in [-0.2, -0.15) is 0 Å². The van der Waals surface area contributed by atoms with Gasteiger partial charge in [-0.1, -0.05) is 51.0 Å². The minimum absolute atomic E-state index is 0.0559. The molecule has 3 heterocycles. The third kappa shape index (κ3) is 3.28. The maximum Gasteiger partial charge on any atom is 0.265 e. The summed E-state index contributed by atoms with van der Waals surface area (Å²) in [4.78, 5) is 27.9. The van der Waals surface area contributed by atoms with E-state index in [1.54, 1.807) is 10.9 Å². The third-order valence-corrected chi connectivity index (χ3v) is 5.84. The van der Waals surface area contributed by atoms with Gasteiger partial charge in [0, 0.05) is 12.2 Å². The first-order chi connectivity index (χ1) is 15.2. The molecular formula is C25H25N5O. The van der Waals surface area contributed by atoms with Crippen molar-refractivity contribution in [2.45, 2.75) is 46.1 Å². The maximum atomic E-state index is 13.5. The second kappa shape index (κ2) is 7.95. The summed E-state index contributed by atoms with van der Waals surface area (Å²) >= 11 is 0. The highest BCUT2D eigenvalue weighted by atomic mass is 16.1. The lowest BCUT2D eigenvalue weighted by atomic mass is 10.1. The lowest BCUT2D eigenvalue weighted by molar-refractivity contribution is 0.584. The van der Waals surface area contributed by atoms with E-state index < -0.39 is 0 Å². The predicted octanol–water partition coefficient (Wildman–Crippen LogP) is 5.04. The number of unbranched alkanes of at least 4 members (excludes halogenated alkanes) is 2. The molecule has 0 aliphatic heterocycles. The summed E-state index contributed by atoms with van der Waals surface area (Å²) in [6.07, 6.45) is 5.78. The van der Waals surface area contributed by atoms with Crippen LogP contribution in [0.3, 0.4) is 0 Å². The van der Waals surface area contributed by atoms with Crippen LogP contribution in [0, 0.1) is 0 Å². The SMILES string of the molecule is CCCCCn1cnc2c(c1=O)c1nc3ccccc3nc1n2-c1ccc(CC)cc1. The van der Waals surface area contributed by atoms with E-state index in [4.69, 9.17) is 15.0 Å². The highest BCUT2D eigenvalue weighted by molar-refractivity contribution is 6.05. The zero-order valence-corrected chi connectivity index (χ0v) is 17.9. The van der Waals surface area contributed by atoms with Crippen LogP contribution in [0.15, 0.2) is 59.7 Å². The number of hydrogen-bond acceptors (Lipinski definition) is 4. The fraction of sp³-hybridized carbons (Fsp3) is 0.280. The molecule has 5 rings (SSSR count). The monoisotopic (exact) mass is 411 g/mol. The molecule has 0 amide bonds. The van der Waals surface area contributed by atoms with Crippen molar-refractivity contribution in [1.29, 1.82) is 0 Å². The van der Waals surface area contributed by atoms with Gasteiger partial charge in [0.05, 0.1) is 17.4 Å². The second-order valence-electron chi connectivity index (χ2n) is 7.89. The molecule has 2 aromatic carbocycles. The Hall–Kier alpha value is -3.54. The number of aromatic nitrogens is 5. The average Bonchev–Trinajstić information content (AvgIpc) is 3.13. The molecule has 0 radical (unpaired) electrons. The van der Waals surface area contributed by atoms with Gasteiger partial charge < -0.3 is 0 Å². The Balaban J connectivity index is 1.83. The molecule has 0 fully saturated rings. The number of nitrogens with zero attached hydrogens (tertiary/aromatic N) is 5. The van der Waals surface area contributed by atoms with Gasteiger partial charge in [0.1, 0.15) is 10.9 Å². The summed E-state index contributed by atoms with van der Waals surface area (Å²) < 4.78 is 3.67. The summed E-state index contributed by atoms with van der Waals surface area (Å²) in [7, 11) is 0. The Labute approximate surface area is 180 Å². The van der Waals surface area contributed by atoms with Crippen molar-refractivity contribution >= 4 is 33.2 Å². The second-order valence-corrected chi connectivity index (χ2v) is 7.89. The number of benzene rings is 2. The summed E-state index contributed by atoms with van der Waals surface area (Å²) in [6, 6.07) is 16.1.